The lowest BCUT2D eigenvalue weighted by atomic mass is 9.57. The van der Waals surface area contributed by atoms with Gasteiger partial charge in [-0.3, -0.25) is 0 Å². The maximum Gasteiger partial charge on any atom is 0.115 e. The highest BCUT2D eigenvalue weighted by Crippen LogP contribution is 2.48. The number of likely N-dealkylation sites (tertiary alicyclic amines) is 1. The summed E-state index contributed by atoms with van der Waals surface area (Å²) in [5.41, 5.74) is 3.84. The molecule has 1 fully saturated rings. The molecular formula is C23H28Cl2N2O. The molecule has 0 spiro atoms. The van der Waals surface area contributed by atoms with Crippen LogP contribution < -0.4 is 5.32 Å². The average Bonchev–Trinajstić information content (AvgIpc) is 2.65. The fourth-order valence-corrected chi connectivity index (χ4v) is 5.63. The molecule has 0 amide bonds. The molecule has 2 aromatic rings. The molecule has 28 heavy (non-hydrogen) atoms. The number of hydrogen-bond acceptors (Lipinski definition) is 3. The van der Waals surface area contributed by atoms with E-state index in [4.69, 9.17) is 23.2 Å². The Kier molecular flexibility index (Phi) is 5.39. The number of benzene rings is 2. The molecule has 0 aromatic heterocycles. The molecular weight excluding hydrogens is 391 g/mol. The van der Waals surface area contributed by atoms with Crippen molar-refractivity contribution in [1.82, 2.24) is 10.2 Å². The fourth-order valence-electron chi connectivity index (χ4n) is 5.31. The highest BCUT2D eigenvalue weighted by Gasteiger charge is 2.53. The maximum absolute atomic E-state index is 10.1. The van der Waals surface area contributed by atoms with Gasteiger partial charge in [0.15, 0.2) is 0 Å². The summed E-state index contributed by atoms with van der Waals surface area (Å²) in [5, 5.41) is 15.2. The zero-order valence-electron chi connectivity index (χ0n) is 16.7. The molecule has 1 unspecified atom stereocenters. The number of aromatic hydroxyl groups is 1. The van der Waals surface area contributed by atoms with Crippen molar-refractivity contribution in [3.63, 3.8) is 0 Å². The smallest absolute Gasteiger partial charge is 0.115 e. The Morgan fingerprint density at radius 2 is 1.96 bits per heavy atom. The van der Waals surface area contributed by atoms with Crippen LogP contribution in [0.3, 0.4) is 0 Å². The predicted molar refractivity (Wildman–Crippen MR) is 117 cm³/mol. The van der Waals surface area contributed by atoms with Crippen LogP contribution >= 0.6 is 23.2 Å². The van der Waals surface area contributed by atoms with Crippen molar-refractivity contribution in [2.75, 3.05) is 20.1 Å². The van der Waals surface area contributed by atoms with Gasteiger partial charge in [0.1, 0.15) is 5.75 Å². The summed E-state index contributed by atoms with van der Waals surface area (Å²) in [4.78, 5) is 2.50. The van der Waals surface area contributed by atoms with E-state index in [0.717, 1.165) is 25.9 Å². The predicted octanol–water partition coefficient (Wildman–Crippen LogP) is 4.66. The van der Waals surface area contributed by atoms with Crippen LogP contribution in [-0.4, -0.2) is 42.2 Å². The zero-order valence-corrected chi connectivity index (χ0v) is 18.2. The minimum absolute atomic E-state index is 0.0128. The van der Waals surface area contributed by atoms with Gasteiger partial charge in [-0.2, -0.15) is 0 Å². The maximum atomic E-state index is 10.1. The molecule has 2 N–H and O–H groups in total. The highest BCUT2D eigenvalue weighted by atomic mass is 35.5. The van der Waals surface area contributed by atoms with Crippen molar-refractivity contribution in [2.24, 2.45) is 5.92 Å². The first-order valence-electron chi connectivity index (χ1n) is 10.0. The molecule has 1 aliphatic carbocycles. The Hall–Kier alpha value is -1.26. The molecule has 5 heteroatoms. The van der Waals surface area contributed by atoms with Gasteiger partial charge in [-0.05, 0) is 73.3 Å². The van der Waals surface area contributed by atoms with E-state index in [2.05, 4.69) is 37.2 Å². The van der Waals surface area contributed by atoms with Crippen molar-refractivity contribution in [3.05, 3.63) is 63.1 Å². The Morgan fingerprint density at radius 1 is 1.18 bits per heavy atom. The van der Waals surface area contributed by atoms with Gasteiger partial charge < -0.3 is 15.3 Å². The number of nitrogens with zero attached hydrogens (tertiary/aromatic N) is 1. The topological polar surface area (TPSA) is 35.5 Å². The normalized spacial score (nSPS) is 29.5. The van der Waals surface area contributed by atoms with Gasteiger partial charge >= 0.3 is 0 Å². The fraction of sp³-hybridized carbons (Fsp3) is 0.478. The first-order chi connectivity index (χ1) is 13.3. The lowest BCUT2D eigenvalue weighted by Gasteiger charge is -2.58. The second-order valence-electron chi connectivity index (χ2n) is 8.67. The molecule has 0 saturated carbocycles. The van der Waals surface area contributed by atoms with Crippen LogP contribution in [0.2, 0.25) is 10.0 Å². The molecule has 2 aromatic carbocycles. The SMILES string of the molecule is CC1CN(C)[C@@H]2Cc3ccc(O)cc3[C@]1(C)[C@H]2NCCc1ccc(Cl)c(Cl)c1. The summed E-state index contributed by atoms with van der Waals surface area (Å²) in [6.07, 6.45) is 1.92. The first kappa shape index (κ1) is 20.0. The quantitative estimate of drug-likeness (QED) is 0.757. The van der Waals surface area contributed by atoms with E-state index >= 15 is 0 Å². The van der Waals surface area contributed by atoms with Crippen molar-refractivity contribution >= 4 is 23.2 Å². The third kappa shape index (κ3) is 3.33. The Bertz CT molecular complexity index is 887. The van der Waals surface area contributed by atoms with Crippen LogP contribution in [0.4, 0.5) is 0 Å². The zero-order chi connectivity index (χ0) is 20.1. The van der Waals surface area contributed by atoms with Gasteiger partial charge in [0.05, 0.1) is 10.0 Å². The number of nitrogens with one attached hydrogen (secondary N) is 1. The summed E-state index contributed by atoms with van der Waals surface area (Å²) < 4.78 is 0. The van der Waals surface area contributed by atoms with E-state index in [1.165, 1.54) is 16.7 Å². The first-order valence-corrected chi connectivity index (χ1v) is 10.8. The van der Waals surface area contributed by atoms with Crippen LogP contribution in [0.5, 0.6) is 5.75 Å². The highest BCUT2D eigenvalue weighted by molar-refractivity contribution is 6.42. The largest absolute Gasteiger partial charge is 0.508 e. The third-order valence-electron chi connectivity index (χ3n) is 7.05. The van der Waals surface area contributed by atoms with Gasteiger partial charge in [-0.15, -0.1) is 0 Å². The molecule has 3 nitrogen and oxygen atoms in total. The van der Waals surface area contributed by atoms with Crippen molar-refractivity contribution in [3.8, 4) is 5.75 Å². The van der Waals surface area contributed by atoms with Crippen LogP contribution in [0, 0.1) is 5.92 Å². The van der Waals surface area contributed by atoms with E-state index in [0.29, 0.717) is 33.8 Å². The number of fused-ring (bicyclic) bond motifs is 4. The van der Waals surface area contributed by atoms with Crippen molar-refractivity contribution in [2.45, 2.75) is 44.2 Å². The monoisotopic (exact) mass is 418 g/mol. The molecule has 2 aliphatic rings. The molecule has 150 valence electrons. The molecule has 1 heterocycles. The van der Waals surface area contributed by atoms with E-state index in [1.807, 2.05) is 30.3 Å². The second-order valence-corrected chi connectivity index (χ2v) is 9.48. The number of phenols is 1. The summed E-state index contributed by atoms with van der Waals surface area (Å²) >= 11 is 12.2. The van der Waals surface area contributed by atoms with Crippen LogP contribution in [0.15, 0.2) is 36.4 Å². The lowest BCUT2D eigenvalue weighted by Crippen LogP contribution is -2.69. The minimum Gasteiger partial charge on any atom is -0.508 e. The molecule has 4 atom stereocenters. The molecule has 4 rings (SSSR count). The number of rotatable bonds is 4. The Balaban J connectivity index is 1.59. The van der Waals surface area contributed by atoms with E-state index < -0.39 is 0 Å². The van der Waals surface area contributed by atoms with Crippen molar-refractivity contribution < 1.29 is 5.11 Å². The van der Waals surface area contributed by atoms with Crippen LogP contribution in [0.25, 0.3) is 0 Å². The third-order valence-corrected chi connectivity index (χ3v) is 7.79. The number of piperidine rings is 1. The van der Waals surface area contributed by atoms with Gasteiger partial charge in [-0.1, -0.05) is 49.2 Å². The van der Waals surface area contributed by atoms with Crippen LogP contribution in [-0.2, 0) is 18.3 Å². The average molecular weight is 419 g/mol. The van der Waals surface area contributed by atoms with E-state index in [9.17, 15) is 5.11 Å². The molecule has 1 aliphatic heterocycles. The van der Waals surface area contributed by atoms with E-state index in [-0.39, 0.29) is 5.41 Å². The van der Waals surface area contributed by atoms with Gasteiger partial charge in [0, 0.05) is 24.0 Å². The summed E-state index contributed by atoms with van der Waals surface area (Å²) in [6, 6.07) is 12.6. The number of halogens is 2. The Morgan fingerprint density at radius 3 is 2.71 bits per heavy atom. The van der Waals surface area contributed by atoms with Gasteiger partial charge in [-0.25, -0.2) is 0 Å². The number of likely N-dealkylation sites (N-methyl/N-ethyl adjacent to an activating group) is 1. The van der Waals surface area contributed by atoms with Crippen LogP contribution in [0.1, 0.15) is 30.5 Å². The second kappa shape index (κ2) is 7.53. The molecule has 0 radical (unpaired) electrons. The standard InChI is InChI=1S/C23H28Cl2N2O/c1-14-13-27(3)21-11-16-5-6-17(28)12-18(16)23(14,2)22(21)26-9-8-15-4-7-19(24)20(25)10-15/h4-7,10,12,14,21-22,26,28H,8-9,11,13H2,1-3H3/t14?,21-,22+,23-/m1/s1. The molecule has 2 bridgehead atoms. The van der Waals surface area contributed by atoms with Gasteiger partial charge in [0.25, 0.3) is 0 Å². The van der Waals surface area contributed by atoms with Crippen molar-refractivity contribution in [1.29, 1.82) is 0 Å². The lowest BCUT2D eigenvalue weighted by molar-refractivity contribution is 0.0235. The molecule has 1 saturated heterocycles. The summed E-state index contributed by atoms with van der Waals surface area (Å²) in [6.45, 7) is 6.65. The Labute approximate surface area is 177 Å². The summed E-state index contributed by atoms with van der Waals surface area (Å²) in [5.74, 6) is 0.844. The van der Waals surface area contributed by atoms with Gasteiger partial charge in [0.2, 0.25) is 0 Å². The van der Waals surface area contributed by atoms with E-state index in [1.54, 1.807) is 0 Å². The number of hydrogen-bond donors (Lipinski definition) is 2. The minimum atomic E-state index is -0.0128. The number of phenolic OH excluding ortho intramolecular Hbond substituents is 1. The summed E-state index contributed by atoms with van der Waals surface area (Å²) in [7, 11) is 2.24.